The first kappa shape index (κ1) is 15.2. The number of ether oxygens (including phenoxy) is 1. The third-order valence-corrected chi connectivity index (χ3v) is 4.37. The van der Waals surface area contributed by atoms with Crippen LogP contribution in [0.15, 0.2) is 42.5 Å². The van der Waals surface area contributed by atoms with Crippen LogP contribution in [-0.4, -0.2) is 29.1 Å². The van der Waals surface area contributed by atoms with Gasteiger partial charge in [0, 0.05) is 16.8 Å². The molecule has 0 amide bonds. The number of pyridine rings is 1. The van der Waals surface area contributed by atoms with E-state index in [-0.39, 0.29) is 6.42 Å². The van der Waals surface area contributed by atoms with Crippen molar-refractivity contribution in [3.05, 3.63) is 53.7 Å². The summed E-state index contributed by atoms with van der Waals surface area (Å²) in [5.74, 6) is -1.92. The number of aromatic nitrogens is 1. The van der Waals surface area contributed by atoms with Gasteiger partial charge in [-0.3, -0.25) is 14.6 Å². The SMILES string of the molecule is COC(=O)C1(C(=O)O)CCCc2nc(-c3ccccc3)ccc21. The largest absolute Gasteiger partial charge is 0.480 e. The number of carbonyl (C=O) groups is 2. The number of esters is 1. The van der Waals surface area contributed by atoms with Gasteiger partial charge in [-0.05, 0) is 25.3 Å². The average Bonchev–Trinajstić information content (AvgIpc) is 2.60. The third-order valence-electron chi connectivity index (χ3n) is 4.37. The zero-order valence-corrected chi connectivity index (χ0v) is 12.8. The molecule has 1 aromatic carbocycles. The van der Waals surface area contributed by atoms with Crippen LogP contribution in [-0.2, 0) is 26.2 Å². The highest BCUT2D eigenvalue weighted by atomic mass is 16.5. The van der Waals surface area contributed by atoms with Crippen LogP contribution in [0.2, 0.25) is 0 Å². The van der Waals surface area contributed by atoms with Gasteiger partial charge in [0.05, 0.1) is 12.8 Å². The maximum absolute atomic E-state index is 12.2. The van der Waals surface area contributed by atoms with Gasteiger partial charge in [-0.1, -0.05) is 36.4 Å². The van der Waals surface area contributed by atoms with Gasteiger partial charge in [0.15, 0.2) is 5.41 Å². The van der Waals surface area contributed by atoms with Gasteiger partial charge in [0.2, 0.25) is 0 Å². The molecule has 1 atom stereocenters. The highest BCUT2D eigenvalue weighted by Gasteiger charge is 2.52. The van der Waals surface area contributed by atoms with Crippen LogP contribution in [0.5, 0.6) is 0 Å². The van der Waals surface area contributed by atoms with Crippen molar-refractivity contribution in [2.24, 2.45) is 0 Å². The van der Waals surface area contributed by atoms with Crippen molar-refractivity contribution in [1.29, 1.82) is 0 Å². The first-order valence-electron chi connectivity index (χ1n) is 7.47. The number of nitrogens with zero attached hydrogens (tertiary/aromatic N) is 1. The number of aliphatic carboxylic acids is 1. The number of rotatable bonds is 3. The van der Waals surface area contributed by atoms with Gasteiger partial charge in [-0.25, -0.2) is 0 Å². The van der Waals surface area contributed by atoms with Crippen LogP contribution < -0.4 is 0 Å². The average molecular weight is 311 g/mol. The van der Waals surface area contributed by atoms with E-state index in [4.69, 9.17) is 4.74 Å². The van der Waals surface area contributed by atoms with Gasteiger partial charge in [0.25, 0.3) is 0 Å². The standard InChI is InChI=1S/C18H17NO4/c1-23-17(22)18(16(20)21)11-5-8-15-13(18)9-10-14(19-15)12-6-3-2-4-7-12/h2-4,6-7,9-10H,5,8,11H2,1H3,(H,20,21). The Bertz CT molecular complexity index is 757. The van der Waals surface area contributed by atoms with Crippen LogP contribution >= 0.6 is 0 Å². The van der Waals surface area contributed by atoms with Crippen LogP contribution in [0.1, 0.15) is 24.1 Å². The lowest BCUT2D eigenvalue weighted by Crippen LogP contribution is -2.47. The summed E-state index contributed by atoms with van der Waals surface area (Å²) >= 11 is 0. The molecule has 0 bridgehead atoms. The first-order chi connectivity index (χ1) is 11.1. The van der Waals surface area contributed by atoms with E-state index in [2.05, 4.69) is 4.98 Å². The molecule has 1 aromatic heterocycles. The molecule has 5 nitrogen and oxygen atoms in total. The molecule has 0 saturated carbocycles. The summed E-state index contributed by atoms with van der Waals surface area (Å²) < 4.78 is 4.78. The Labute approximate surface area is 133 Å². The van der Waals surface area contributed by atoms with E-state index < -0.39 is 17.4 Å². The predicted molar refractivity (Wildman–Crippen MR) is 83.9 cm³/mol. The summed E-state index contributed by atoms with van der Waals surface area (Å²) in [7, 11) is 1.22. The molecule has 2 aromatic rings. The van der Waals surface area contributed by atoms with E-state index in [1.54, 1.807) is 12.1 Å². The van der Waals surface area contributed by atoms with E-state index in [0.29, 0.717) is 24.1 Å². The minimum absolute atomic E-state index is 0.231. The molecular formula is C18H17NO4. The molecule has 1 N–H and O–H groups in total. The summed E-state index contributed by atoms with van der Waals surface area (Å²) in [4.78, 5) is 28.7. The number of carbonyl (C=O) groups excluding carboxylic acids is 1. The lowest BCUT2D eigenvalue weighted by molar-refractivity contribution is -0.160. The molecule has 0 radical (unpaired) electrons. The highest BCUT2D eigenvalue weighted by molar-refractivity contribution is 6.06. The van der Waals surface area contributed by atoms with E-state index in [1.807, 2.05) is 30.3 Å². The van der Waals surface area contributed by atoms with Crippen LogP contribution in [0, 0.1) is 0 Å². The second-order valence-corrected chi connectivity index (χ2v) is 5.61. The Balaban J connectivity index is 2.14. The van der Waals surface area contributed by atoms with Crippen molar-refractivity contribution in [1.82, 2.24) is 4.98 Å². The molecule has 3 rings (SSSR count). The number of benzene rings is 1. The monoisotopic (exact) mass is 311 g/mol. The Kier molecular flexibility index (Phi) is 3.86. The van der Waals surface area contributed by atoms with E-state index >= 15 is 0 Å². The second kappa shape index (κ2) is 5.83. The second-order valence-electron chi connectivity index (χ2n) is 5.61. The molecule has 118 valence electrons. The molecule has 0 saturated heterocycles. The summed E-state index contributed by atoms with van der Waals surface area (Å²) in [6.07, 6.45) is 1.47. The summed E-state index contributed by atoms with van der Waals surface area (Å²) in [5.41, 5.74) is 1.19. The first-order valence-corrected chi connectivity index (χ1v) is 7.47. The smallest absolute Gasteiger partial charge is 0.327 e. The number of hydrogen-bond acceptors (Lipinski definition) is 4. The quantitative estimate of drug-likeness (QED) is 0.696. The number of methoxy groups -OCH3 is 1. The normalized spacial score (nSPS) is 19.7. The Morgan fingerprint density at radius 2 is 1.91 bits per heavy atom. The number of carboxylic acids is 1. The zero-order valence-electron chi connectivity index (χ0n) is 12.8. The number of fused-ring (bicyclic) bond motifs is 1. The van der Waals surface area contributed by atoms with Gasteiger partial charge >= 0.3 is 11.9 Å². The van der Waals surface area contributed by atoms with Gasteiger partial charge < -0.3 is 9.84 Å². The molecule has 1 heterocycles. The number of aryl methyl sites for hydroxylation is 1. The van der Waals surface area contributed by atoms with Gasteiger partial charge in [-0.2, -0.15) is 0 Å². The lowest BCUT2D eigenvalue weighted by Gasteiger charge is -2.32. The highest BCUT2D eigenvalue weighted by Crippen LogP contribution is 2.39. The number of hydrogen-bond donors (Lipinski definition) is 1. The van der Waals surface area contributed by atoms with Crippen LogP contribution in [0.4, 0.5) is 0 Å². The molecule has 0 fully saturated rings. The maximum Gasteiger partial charge on any atom is 0.327 e. The molecule has 1 aliphatic rings. The van der Waals surface area contributed by atoms with E-state index in [9.17, 15) is 14.7 Å². The van der Waals surface area contributed by atoms with Crippen molar-refractivity contribution in [3.8, 4) is 11.3 Å². The molecule has 5 heteroatoms. The molecule has 0 aliphatic heterocycles. The Morgan fingerprint density at radius 3 is 2.57 bits per heavy atom. The summed E-state index contributed by atoms with van der Waals surface area (Å²) in [5, 5.41) is 9.69. The van der Waals surface area contributed by atoms with Gasteiger partial charge in [-0.15, -0.1) is 0 Å². The van der Waals surface area contributed by atoms with Crippen molar-refractivity contribution >= 4 is 11.9 Å². The zero-order chi connectivity index (χ0) is 16.4. The van der Waals surface area contributed by atoms with E-state index in [0.717, 1.165) is 11.3 Å². The minimum atomic E-state index is -1.65. The van der Waals surface area contributed by atoms with Gasteiger partial charge in [0.1, 0.15) is 0 Å². The van der Waals surface area contributed by atoms with Crippen LogP contribution in [0.25, 0.3) is 11.3 Å². The maximum atomic E-state index is 12.2. The van der Waals surface area contributed by atoms with Crippen molar-refractivity contribution < 1.29 is 19.4 Å². The van der Waals surface area contributed by atoms with Crippen molar-refractivity contribution in [2.45, 2.75) is 24.7 Å². The summed E-state index contributed by atoms with van der Waals surface area (Å²) in [6, 6.07) is 13.1. The molecule has 0 spiro atoms. The molecular weight excluding hydrogens is 294 g/mol. The van der Waals surface area contributed by atoms with Crippen molar-refractivity contribution in [3.63, 3.8) is 0 Å². The minimum Gasteiger partial charge on any atom is -0.480 e. The fraction of sp³-hybridized carbons (Fsp3) is 0.278. The predicted octanol–water partition coefficient (Wildman–Crippen LogP) is 2.58. The lowest BCUT2D eigenvalue weighted by atomic mass is 9.71. The molecule has 1 aliphatic carbocycles. The Morgan fingerprint density at radius 1 is 1.17 bits per heavy atom. The number of carboxylic acid groups (broad SMARTS) is 1. The van der Waals surface area contributed by atoms with Crippen LogP contribution in [0.3, 0.4) is 0 Å². The summed E-state index contributed by atoms with van der Waals surface area (Å²) in [6.45, 7) is 0. The topological polar surface area (TPSA) is 76.5 Å². The third kappa shape index (κ3) is 2.38. The fourth-order valence-electron chi connectivity index (χ4n) is 3.20. The van der Waals surface area contributed by atoms with E-state index in [1.165, 1.54) is 7.11 Å². The molecule has 23 heavy (non-hydrogen) atoms. The Hall–Kier alpha value is -2.69. The van der Waals surface area contributed by atoms with Crippen molar-refractivity contribution in [2.75, 3.05) is 7.11 Å². The molecule has 1 unspecified atom stereocenters. The fourth-order valence-corrected chi connectivity index (χ4v) is 3.20.